The molecule has 1 aliphatic rings. The first-order valence-electron chi connectivity index (χ1n) is 7.55. The number of hydrogen-bond acceptors (Lipinski definition) is 7. The lowest BCUT2D eigenvalue weighted by atomic mass is 10.1. The molecule has 0 spiro atoms. The van der Waals surface area contributed by atoms with Gasteiger partial charge in [0, 0.05) is 19.3 Å². The molecule has 0 radical (unpaired) electrons. The number of aliphatic carboxylic acids is 1. The summed E-state index contributed by atoms with van der Waals surface area (Å²) in [4.78, 5) is 35.4. The molecule has 1 N–H and O–H groups in total. The molecular formula is C15H22N4O4S. The van der Waals surface area contributed by atoms with Crippen LogP contribution in [0.15, 0.2) is 17.4 Å². The zero-order valence-corrected chi connectivity index (χ0v) is 15.0. The molecule has 2 heterocycles. The van der Waals surface area contributed by atoms with E-state index in [4.69, 9.17) is 4.74 Å². The molecule has 1 aromatic heterocycles. The summed E-state index contributed by atoms with van der Waals surface area (Å²) in [5.74, 6) is -0.460. The molecule has 1 aliphatic heterocycles. The van der Waals surface area contributed by atoms with Crippen molar-refractivity contribution in [2.45, 2.75) is 37.6 Å². The lowest BCUT2D eigenvalue weighted by Crippen LogP contribution is -2.58. The topological polar surface area (TPSA) is 95.9 Å². The van der Waals surface area contributed by atoms with Crippen molar-refractivity contribution in [3.05, 3.63) is 12.3 Å². The second kappa shape index (κ2) is 7.25. The minimum atomic E-state index is -1.01. The van der Waals surface area contributed by atoms with Crippen molar-refractivity contribution in [2.24, 2.45) is 0 Å². The summed E-state index contributed by atoms with van der Waals surface area (Å²) in [5.41, 5.74) is -0.618. The number of carbonyl (C=O) groups is 2. The van der Waals surface area contributed by atoms with Gasteiger partial charge >= 0.3 is 12.1 Å². The molecule has 1 amide bonds. The second-order valence-corrected chi connectivity index (χ2v) is 7.15. The molecule has 9 heteroatoms. The van der Waals surface area contributed by atoms with Gasteiger partial charge in [-0.1, -0.05) is 11.8 Å². The molecule has 2 rings (SSSR count). The average Bonchev–Trinajstić information content (AvgIpc) is 2.52. The van der Waals surface area contributed by atoms with Crippen LogP contribution in [-0.2, 0) is 9.53 Å². The smallest absolute Gasteiger partial charge is 0.410 e. The summed E-state index contributed by atoms with van der Waals surface area (Å²) in [7, 11) is 0. The third-order valence-corrected chi connectivity index (χ3v) is 3.97. The predicted octanol–water partition coefficient (Wildman–Crippen LogP) is 1.71. The van der Waals surface area contributed by atoms with Crippen molar-refractivity contribution in [1.82, 2.24) is 14.9 Å². The summed E-state index contributed by atoms with van der Waals surface area (Å²) in [5, 5.41) is 10.1. The SMILES string of the molecule is CSc1nccc(N2CCN(C(=O)OC(C)(C)C)C[C@H]2C(=O)O)n1. The van der Waals surface area contributed by atoms with Crippen molar-refractivity contribution in [1.29, 1.82) is 0 Å². The van der Waals surface area contributed by atoms with Gasteiger partial charge in [-0.2, -0.15) is 0 Å². The van der Waals surface area contributed by atoms with Gasteiger partial charge in [0.1, 0.15) is 17.5 Å². The Labute approximate surface area is 145 Å². The number of thioether (sulfide) groups is 1. The van der Waals surface area contributed by atoms with Crippen molar-refractivity contribution < 1.29 is 19.4 Å². The lowest BCUT2D eigenvalue weighted by Gasteiger charge is -2.40. The Bertz CT molecular complexity index is 620. The molecule has 132 valence electrons. The third-order valence-electron chi connectivity index (χ3n) is 3.41. The van der Waals surface area contributed by atoms with Crippen LogP contribution in [0.1, 0.15) is 20.8 Å². The Balaban J connectivity index is 2.16. The fraction of sp³-hybridized carbons (Fsp3) is 0.600. The first-order chi connectivity index (χ1) is 11.2. The van der Waals surface area contributed by atoms with Crippen LogP contribution < -0.4 is 4.90 Å². The van der Waals surface area contributed by atoms with Gasteiger partial charge in [0.2, 0.25) is 0 Å². The van der Waals surface area contributed by atoms with Crippen LogP contribution in [0.25, 0.3) is 0 Å². The Morgan fingerprint density at radius 3 is 2.67 bits per heavy atom. The van der Waals surface area contributed by atoms with Gasteiger partial charge in [-0.05, 0) is 33.1 Å². The van der Waals surface area contributed by atoms with Crippen LogP contribution in [0.5, 0.6) is 0 Å². The van der Waals surface area contributed by atoms with E-state index in [1.807, 2.05) is 6.26 Å². The number of nitrogens with zero attached hydrogens (tertiary/aromatic N) is 4. The highest BCUT2D eigenvalue weighted by Crippen LogP contribution is 2.22. The Morgan fingerprint density at radius 2 is 2.08 bits per heavy atom. The fourth-order valence-corrected chi connectivity index (χ4v) is 2.70. The van der Waals surface area contributed by atoms with E-state index in [1.165, 1.54) is 16.7 Å². The Hall–Kier alpha value is -2.03. The summed E-state index contributed by atoms with van der Waals surface area (Å²) in [6.45, 7) is 6.11. The maximum atomic E-state index is 12.2. The third kappa shape index (κ3) is 4.50. The van der Waals surface area contributed by atoms with Crippen molar-refractivity contribution in [3.8, 4) is 0 Å². The van der Waals surface area contributed by atoms with Crippen LogP contribution in [0.4, 0.5) is 10.6 Å². The molecule has 0 aromatic carbocycles. The minimum absolute atomic E-state index is 0.0445. The molecule has 0 aliphatic carbocycles. The highest BCUT2D eigenvalue weighted by molar-refractivity contribution is 7.98. The van der Waals surface area contributed by atoms with Gasteiger partial charge in [0.25, 0.3) is 0 Å². The van der Waals surface area contributed by atoms with Crippen molar-refractivity contribution in [2.75, 3.05) is 30.8 Å². The molecule has 0 bridgehead atoms. The van der Waals surface area contributed by atoms with Crippen molar-refractivity contribution in [3.63, 3.8) is 0 Å². The van der Waals surface area contributed by atoms with Crippen LogP contribution in [0.2, 0.25) is 0 Å². The lowest BCUT2D eigenvalue weighted by molar-refractivity contribution is -0.139. The molecule has 0 saturated carbocycles. The van der Waals surface area contributed by atoms with E-state index in [1.54, 1.807) is 37.9 Å². The van der Waals surface area contributed by atoms with E-state index in [9.17, 15) is 14.7 Å². The second-order valence-electron chi connectivity index (χ2n) is 6.38. The van der Waals surface area contributed by atoms with E-state index < -0.39 is 23.7 Å². The Morgan fingerprint density at radius 1 is 1.38 bits per heavy atom. The van der Waals surface area contributed by atoms with Gasteiger partial charge < -0.3 is 19.6 Å². The van der Waals surface area contributed by atoms with Gasteiger partial charge in [-0.25, -0.2) is 19.6 Å². The van der Waals surface area contributed by atoms with E-state index in [0.29, 0.717) is 24.1 Å². The van der Waals surface area contributed by atoms with Crippen molar-refractivity contribution >= 4 is 29.6 Å². The number of carboxylic acid groups (broad SMARTS) is 1. The van der Waals surface area contributed by atoms with E-state index >= 15 is 0 Å². The standard InChI is InChI=1S/C15H22N4O4S/c1-15(2,3)23-14(22)18-7-8-19(10(9-18)12(20)21)11-5-6-16-13(17-11)24-4/h5-6,10H,7-9H2,1-4H3,(H,20,21)/t10-/m0/s1. The summed E-state index contributed by atoms with van der Waals surface area (Å²) >= 11 is 1.39. The number of ether oxygens (including phenoxy) is 1. The van der Waals surface area contributed by atoms with E-state index in [2.05, 4.69) is 9.97 Å². The monoisotopic (exact) mass is 354 g/mol. The molecular weight excluding hydrogens is 332 g/mol. The average molecular weight is 354 g/mol. The van der Waals surface area contributed by atoms with Gasteiger partial charge in [0.15, 0.2) is 5.16 Å². The molecule has 1 fully saturated rings. The fourth-order valence-electron chi connectivity index (χ4n) is 2.35. The quantitative estimate of drug-likeness (QED) is 0.647. The number of hydrogen-bond donors (Lipinski definition) is 1. The number of amides is 1. The molecule has 0 unspecified atom stereocenters. The van der Waals surface area contributed by atoms with Crippen LogP contribution in [-0.4, -0.2) is 69.6 Å². The first-order valence-corrected chi connectivity index (χ1v) is 8.78. The highest BCUT2D eigenvalue weighted by atomic mass is 32.2. The molecule has 1 saturated heterocycles. The van der Waals surface area contributed by atoms with Crippen LogP contribution in [0.3, 0.4) is 0 Å². The number of piperazine rings is 1. The summed E-state index contributed by atoms with van der Waals surface area (Å²) in [6, 6.07) is 0.801. The molecule has 8 nitrogen and oxygen atoms in total. The zero-order valence-electron chi connectivity index (χ0n) is 14.2. The predicted molar refractivity (Wildman–Crippen MR) is 90.4 cm³/mol. The molecule has 1 atom stereocenters. The minimum Gasteiger partial charge on any atom is -0.480 e. The maximum absolute atomic E-state index is 12.2. The number of rotatable bonds is 3. The first kappa shape index (κ1) is 18.3. The van der Waals surface area contributed by atoms with Gasteiger partial charge in [0.05, 0.1) is 6.54 Å². The number of aromatic nitrogens is 2. The zero-order chi connectivity index (χ0) is 17.9. The van der Waals surface area contributed by atoms with Crippen LogP contribution >= 0.6 is 11.8 Å². The summed E-state index contributed by atoms with van der Waals surface area (Å²) in [6.07, 6.45) is 2.96. The van der Waals surface area contributed by atoms with Gasteiger partial charge in [-0.3, -0.25) is 0 Å². The number of anilines is 1. The van der Waals surface area contributed by atoms with E-state index in [0.717, 1.165) is 0 Å². The molecule has 24 heavy (non-hydrogen) atoms. The summed E-state index contributed by atoms with van der Waals surface area (Å²) < 4.78 is 5.33. The highest BCUT2D eigenvalue weighted by Gasteiger charge is 2.36. The largest absolute Gasteiger partial charge is 0.480 e. The molecule has 1 aromatic rings. The number of carboxylic acids is 1. The van der Waals surface area contributed by atoms with E-state index in [-0.39, 0.29) is 6.54 Å². The van der Waals surface area contributed by atoms with Crippen LogP contribution in [0, 0.1) is 0 Å². The normalized spacial score (nSPS) is 18.4. The maximum Gasteiger partial charge on any atom is 0.410 e. The number of carbonyl (C=O) groups excluding carboxylic acids is 1. The van der Waals surface area contributed by atoms with Gasteiger partial charge in [-0.15, -0.1) is 0 Å². The Kier molecular flexibility index (Phi) is 5.53.